The van der Waals surface area contributed by atoms with Crippen LogP contribution >= 0.6 is 0 Å². The molecule has 0 saturated heterocycles. The minimum Gasteiger partial charge on any atom is -0.467 e. The highest BCUT2D eigenvalue weighted by atomic mass is 19.1. The lowest BCUT2D eigenvalue weighted by atomic mass is 9.93. The third-order valence-electron chi connectivity index (χ3n) is 6.16. The number of carbonyl (C=O) groups excluding carboxylic acids is 1. The molecular formula is C24H22FN7O2. The van der Waals surface area contributed by atoms with Gasteiger partial charge in [-0.05, 0) is 45.0 Å². The van der Waals surface area contributed by atoms with Crippen LogP contribution < -0.4 is 10.5 Å². The van der Waals surface area contributed by atoms with Gasteiger partial charge in [0.15, 0.2) is 5.82 Å². The lowest BCUT2D eigenvalue weighted by Gasteiger charge is -2.26. The number of fused-ring (bicyclic) bond motifs is 7. The largest absolute Gasteiger partial charge is 0.467 e. The fourth-order valence-electron chi connectivity index (χ4n) is 4.48. The van der Waals surface area contributed by atoms with Gasteiger partial charge in [-0.3, -0.25) is 9.48 Å². The third-order valence-corrected chi connectivity index (χ3v) is 6.16. The van der Waals surface area contributed by atoms with Gasteiger partial charge in [0, 0.05) is 23.9 Å². The molecule has 2 aliphatic rings. The molecule has 0 spiro atoms. The quantitative estimate of drug-likeness (QED) is 0.547. The summed E-state index contributed by atoms with van der Waals surface area (Å²) in [6.07, 6.45) is 2.65. The van der Waals surface area contributed by atoms with E-state index in [-0.39, 0.29) is 29.8 Å². The van der Waals surface area contributed by atoms with Crippen molar-refractivity contribution in [1.82, 2.24) is 24.6 Å². The van der Waals surface area contributed by atoms with Crippen molar-refractivity contribution in [3.05, 3.63) is 58.8 Å². The normalized spacial score (nSPS) is 18.5. The Morgan fingerprint density at radius 2 is 2.12 bits per heavy atom. The van der Waals surface area contributed by atoms with E-state index in [0.29, 0.717) is 33.8 Å². The number of carbonyl (C=O) groups is 1. The van der Waals surface area contributed by atoms with Gasteiger partial charge < -0.3 is 15.4 Å². The molecule has 2 bridgehead atoms. The zero-order chi connectivity index (χ0) is 24.4. The third kappa shape index (κ3) is 3.20. The van der Waals surface area contributed by atoms with E-state index in [9.17, 15) is 14.4 Å². The molecule has 1 atom stereocenters. The Balaban J connectivity index is 1.82. The Labute approximate surface area is 195 Å². The first-order valence-corrected chi connectivity index (χ1v) is 10.7. The summed E-state index contributed by atoms with van der Waals surface area (Å²) in [6.45, 7) is 5.49. The summed E-state index contributed by atoms with van der Waals surface area (Å²) in [6, 6.07) is 6.52. The molecule has 1 unspecified atom stereocenters. The van der Waals surface area contributed by atoms with Crippen LogP contribution in [0.5, 0.6) is 5.88 Å². The minimum absolute atomic E-state index is 0.0626. The molecule has 10 heteroatoms. The average molecular weight is 459 g/mol. The highest BCUT2D eigenvalue weighted by Gasteiger charge is 2.41. The van der Waals surface area contributed by atoms with Gasteiger partial charge in [-0.2, -0.15) is 10.4 Å². The SMILES string of the molecule is CC1Oc2nc(cnc2N)-c2c(nn(C)c2C#N)CN2C(=O)C(C)(C)C=C2c2ccc(F)cc21. The number of nitriles is 1. The van der Waals surface area contributed by atoms with Crippen molar-refractivity contribution < 1.29 is 13.9 Å². The average Bonchev–Trinajstić information content (AvgIpc) is 3.22. The zero-order valence-corrected chi connectivity index (χ0v) is 19.1. The van der Waals surface area contributed by atoms with Gasteiger partial charge in [-0.15, -0.1) is 0 Å². The number of aromatic nitrogens is 4. The van der Waals surface area contributed by atoms with E-state index in [1.807, 2.05) is 19.9 Å². The molecule has 2 aromatic heterocycles. The van der Waals surface area contributed by atoms with Crippen molar-refractivity contribution in [1.29, 1.82) is 5.26 Å². The van der Waals surface area contributed by atoms with E-state index in [1.54, 1.807) is 24.9 Å². The van der Waals surface area contributed by atoms with E-state index in [2.05, 4.69) is 21.1 Å². The highest BCUT2D eigenvalue weighted by Crippen LogP contribution is 2.42. The molecule has 2 N–H and O–H groups in total. The molecule has 4 heterocycles. The van der Waals surface area contributed by atoms with Crippen molar-refractivity contribution >= 4 is 17.4 Å². The predicted octanol–water partition coefficient (Wildman–Crippen LogP) is 3.33. The van der Waals surface area contributed by atoms with Crippen molar-refractivity contribution in [3.63, 3.8) is 0 Å². The van der Waals surface area contributed by atoms with E-state index >= 15 is 0 Å². The fraction of sp³-hybridized carbons (Fsp3) is 0.292. The first-order valence-electron chi connectivity index (χ1n) is 10.7. The van der Waals surface area contributed by atoms with Crippen molar-refractivity contribution in [3.8, 4) is 23.2 Å². The van der Waals surface area contributed by atoms with Gasteiger partial charge in [-0.1, -0.05) is 0 Å². The van der Waals surface area contributed by atoms with Crippen LogP contribution in [0, 0.1) is 22.6 Å². The first kappa shape index (κ1) is 21.6. The van der Waals surface area contributed by atoms with Crippen LogP contribution in [0.4, 0.5) is 10.2 Å². The Hall–Kier alpha value is -4.26. The Morgan fingerprint density at radius 1 is 1.35 bits per heavy atom. The number of benzene rings is 1. The number of nitrogens with zero attached hydrogens (tertiary/aromatic N) is 6. The highest BCUT2D eigenvalue weighted by molar-refractivity contribution is 5.98. The smallest absolute Gasteiger partial charge is 0.258 e. The molecular weight excluding hydrogens is 437 g/mol. The Bertz CT molecular complexity index is 1430. The molecule has 1 amide bonds. The number of hydrogen-bond donors (Lipinski definition) is 1. The van der Waals surface area contributed by atoms with Crippen LogP contribution in [-0.2, 0) is 18.4 Å². The number of nitrogen functional groups attached to an aromatic ring is 1. The molecule has 172 valence electrons. The van der Waals surface area contributed by atoms with Gasteiger partial charge in [0.05, 0.1) is 35.1 Å². The second-order valence-corrected chi connectivity index (χ2v) is 8.99. The van der Waals surface area contributed by atoms with E-state index in [1.165, 1.54) is 23.0 Å². The van der Waals surface area contributed by atoms with E-state index in [0.717, 1.165) is 0 Å². The summed E-state index contributed by atoms with van der Waals surface area (Å²) in [5, 5.41) is 14.3. The molecule has 5 rings (SSSR count). The summed E-state index contributed by atoms with van der Waals surface area (Å²) in [4.78, 5) is 23.8. The summed E-state index contributed by atoms with van der Waals surface area (Å²) >= 11 is 0. The number of ether oxygens (including phenoxy) is 1. The molecule has 0 fully saturated rings. The summed E-state index contributed by atoms with van der Waals surface area (Å²) in [7, 11) is 1.65. The molecule has 0 aliphatic carbocycles. The molecule has 2 aliphatic heterocycles. The zero-order valence-electron chi connectivity index (χ0n) is 19.1. The number of rotatable bonds is 0. The molecule has 0 radical (unpaired) electrons. The monoisotopic (exact) mass is 459 g/mol. The summed E-state index contributed by atoms with van der Waals surface area (Å²) in [5.74, 6) is -0.446. The van der Waals surface area contributed by atoms with Crippen LogP contribution in [0.15, 0.2) is 30.5 Å². The van der Waals surface area contributed by atoms with Crippen LogP contribution in [0.2, 0.25) is 0 Å². The molecule has 0 saturated carbocycles. The van der Waals surface area contributed by atoms with Gasteiger partial charge >= 0.3 is 0 Å². The minimum atomic E-state index is -0.792. The number of nitrogens with two attached hydrogens (primary N) is 1. The Morgan fingerprint density at radius 3 is 2.85 bits per heavy atom. The van der Waals surface area contributed by atoms with Crippen LogP contribution in [-0.4, -0.2) is 30.6 Å². The van der Waals surface area contributed by atoms with Gasteiger partial charge in [0.2, 0.25) is 5.91 Å². The lowest BCUT2D eigenvalue weighted by molar-refractivity contribution is -0.133. The fourth-order valence-corrected chi connectivity index (χ4v) is 4.48. The maximum absolute atomic E-state index is 14.3. The molecule has 9 nitrogen and oxygen atoms in total. The topological polar surface area (TPSA) is 123 Å². The van der Waals surface area contributed by atoms with Gasteiger partial charge in [0.25, 0.3) is 5.88 Å². The van der Waals surface area contributed by atoms with Crippen molar-refractivity contribution in [2.75, 3.05) is 5.73 Å². The second-order valence-electron chi connectivity index (χ2n) is 8.99. The van der Waals surface area contributed by atoms with Crippen molar-refractivity contribution in [2.24, 2.45) is 12.5 Å². The first-order chi connectivity index (χ1) is 16.1. The van der Waals surface area contributed by atoms with E-state index < -0.39 is 17.3 Å². The standard InChI is InChI=1S/C24H22FN7O2/c1-12-15-7-13(25)5-6-14(15)18-8-24(2,3)23(33)32(18)11-17-20(19(9-26)31(4)30-17)16-10-28-21(27)22(29-16)34-12/h5-8,10,12H,11H2,1-4H3,(H2,27,28). The van der Waals surface area contributed by atoms with Crippen LogP contribution in [0.1, 0.15) is 49.4 Å². The summed E-state index contributed by atoms with van der Waals surface area (Å²) < 4.78 is 21.8. The molecule has 1 aromatic carbocycles. The number of anilines is 1. The maximum Gasteiger partial charge on any atom is 0.258 e. The number of hydrogen-bond acceptors (Lipinski definition) is 7. The van der Waals surface area contributed by atoms with Crippen molar-refractivity contribution in [2.45, 2.75) is 33.4 Å². The number of aryl methyl sites for hydroxylation is 1. The van der Waals surface area contributed by atoms with E-state index in [4.69, 9.17) is 10.5 Å². The molecule has 3 aromatic rings. The van der Waals surface area contributed by atoms with Gasteiger partial charge in [0.1, 0.15) is 23.7 Å². The second kappa shape index (κ2) is 7.38. The summed E-state index contributed by atoms with van der Waals surface area (Å²) in [5.41, 5.74) is 8.58. The molecule has 34 heavy (non-hydrogen) atoms. The number of amides is 1. The van der Waals surface area contributed by atoms with Gasteiger partial charge in [-0.25, -0.2) is 14.4 Å². The number of halogens is 1. The predicted molar refractivity (Wildman–Crippen MR) is 121 cm³/mol. The maximum atomic E-state index is 14.3. The lowest BCUT2D eigenvalue weighted by Crippen LogP contribution is -2.32. The Kier molecular flexibility index (Phi) is 4.68. The van der Waals surface area contributed by atoms with Crippen LogP contribution in [0.25, 0.3) is 17.0 Å². The van der Waals surface area contributed by atoms with Crippen LogP contribution in [0.3, 0.4) is 0 Å².